The molecule has 1 unspecified atom stereocenters. The second kappa shape index (κ2) is 17.7. The smallest absolute Gasteiger partial charge is 0.258 e. The fraction of sp³-hybridized carbons (Fsp3) is 0.0889. The first kappa shape index (κ1) is 39.2. The molecule has 0 saturated heterocycles. The van der Waals surface area contributed by atoms with Crippen molar-refractivity contribution in [2.45, 2.75) is 26.9 Å². The van der Waals surface area contributed by atoms with Crippen molar-refractivity contribution in [3.8, 4) is 39.3 Å². The Morgan fingerprint density at radius 2 is 1.34 bits per heavy atom. The van der Waals surface area contributed by atoms with E-state index >= 15 is 0 Å². The standard InChI is InChI=1S/C27H18F2N2.C18H17N2.2Ir/c28-21-14-15-24(25(29)18-21)27-30-16-17-31(27)26-22(19-8-3-1-4-9-19)12-7-13-23(26)20-10-5-2-6-11-20;1-13-11-14(2)17(15(3)12-13)20-10-9-19-18(20)16-7-5-4-6-8-16;;/h1-14,16-18,27H;4-7,9-12H,1-3H3;;/q;-1;;. The Morgan fingerprint density at radius 3 is 1.92 bits per heavy atom. The van der Waals surface area contributed by atoms with Gasteiger partial charge < -0.3 is 4.57 Å². The Hall–Kier alpha value is -4.97. The van der Waals surface area contributed by atoms with Gasteiger partial charge in [0.05, 0.1) is 23.2 Å². The predicted molar refractivity (Wildman–Crippen MR) is 202 cm³/mol. The van der Waals surface area contributed by atoms with Gasteiger partial charge in [-0.2, -0.15) is 10.6 Å². The number of hydrogen-bond acceptors (Lipinski definition) is 2. The molecule has 4 nitrogen and oxygen atoms in total. The molecule has 0 aliphatic carbocycles. The van der Waals surface area contributed by atoms with Gasteiger partial charge in [-0.1, -0.05) is 84.4 Å². The van der Waals surface area contributed by atoms with Crippen LogP contribution in [0.2, 0.25) is 0 Å². The van der Waals surface area contributed by atoms with E-state index in [2.05, 4.69) is 59.6 Å². The Kier molecular flexibility index (Phi) is 13.1. The summed E-state index contributed by atoms with van der Waals surface area (Å²) in [5.41, 5.74) is 11.2. The van der Waals surface area contributed by atoms with Crippen LogP contribution >= 0.6 is 0 Å². The summed E-state index contributed by atoms with van der Waals surface area (Å²) in [6.45, 7) is 6.42. The van der Waals surface area contributed by atoms with Crippen LogP contribution in [0.25, 0.3) is 39.3 Å². The molecule has 0 bridgehead atoms. The van der Waals surface area contributed by atoms with E-state index in [-0.39, 0.29) is 45.8 Å². The summed E-state index contributed by atoms with van der Waals surface area (Å²) >= 11 is 0. The minimum Gasteiger partial charge on any atom is -0.340 e. The number of hydrogen-bond donors (Lipinski definition) is 0. The number of nitrogens with zero attached hydrogens (tertiary/aromatic N) is 4. The van der Waals surface area contributed by atoms with Gasteiger partial charge in [0.25, 0.3) is 6.17 Å². The Morgan fingerprint density at radius 1 is 0.717 bits per heavy atom. The number of rotatable bonds is 6. The van der Waals surface area contributed by atoms with Gasteiger partial charge in [-0.3, -0.25) is 13.8 Å². The largest absolute Gasteiger partial charge is 0.340 e. The first-order valence-corrected chi connectivity index (χ1v) is 16.7. The van der Waals surface area contributed by atoms with E-state index in [1.807, 2.05) is 126 Å². The molecule has 0 amide bonds. The van der Waals surface area contributed by atoms with Gasteiger partial charge in [-0.05, 0) is 60.7 Å². The fourth-order valence-electron chi connectivity index (χ4n) is 6.70. The summed E-state index contributed by atoms with van der Waals surface area (Å²) in [4.78, 5) is 8.97. The molecule has 268 valence electrons. The average molecular weight is 1050 g/mol. The van der Waals surface area contributed by atoms with Crippen LogP contribution in [0.4, 0.5) is 14.5 Å². The molecule has 1 atom stereocenters. The molecule has 8 heteroatoms. The maximum absolute atomic E-state index is 14.7. The van der Waals surface area contributed by atoms with Crippen molar-refractivity contribution in [2.75, 3.05) is 0 Å². The van der Waals surface area contributed by atoms with Gasteiger partial charge in [0.2, 0.25) is 5.69 Å². The molecule has 0 fully saturated rings. The van der Waals surface area contributed by atoms with Gasteiger partial charge >= 0.3 is 0 Å². The fourth-order valence-corrected chi connectivity index (χ4v) is 6.70. The molecule has 1 aromatic heterocycles. The van der Waals surface area contributed by atoms with E-state index < -0.39 is 17.8 Å². The summed E-state index contributed by atoms with van der Waals surface area (Å²) in [5, 5.41) is 0. The van der Waals surface area contributed by atoms with E-state index in [1.165, 1.54) is 22.4 Å². The number of aryl methyl sites for hydroxylation is 3. The third-order valence-corrected chi connectivity index (χ3v) is 8.79. The topological polar surface area (TPSA) is 33.2 Å². The SMILES string of the molecule is Cc1cc(C)c(-n2ccnc2-c2[c-]cccc2)c(C)c1.Fc1c[c-]c(C2N=CC=[N+]2c2c(-c3ccccc3)cccc2-c2ccccc2)c(F)c1.[Ir].[Ir]. The van der Waals surface area contributed by atoms with Gasteiger partial charge in [0, 0.05) is 69.9 Å². The summed E-state index contributed by atoms with van der Waals surface area (Å²) in [7, 11) is 0. The molecule has 8 rings (SSSR count). The number of benzene rings is 6. The van der Waals surface area contributed by atoms with Crippen LogP contribution in [0.5, 0.6) is 0 Å². The number of imidazole rings is 1. The maximum Gasteiger partial charge on any atom is 0.258 e. The number of aromatic nitrogens is 2. The van der Waals surface area contributed by atoms with Crippen molar-refractivity contribution >= 4 is 18.1 Å². The summed E-state index contributed by atoms with van der Waals surface area (Å²) in [6, 6.07) is 46.6. The van der Waals surface area contributed by atoms with Gasteiger partial charge in [0.15, 0.2) is 6.21 Å². The second-order valence-electron chi connectivity index (χ2n) is 12.4. The van der Waals surface area contributed by atoms with Crippen LogP contribution < -0.4 is 0 Å². The van der Waals surface area contributed by atoms with Crippen molar-refractivity contribution in [1.29, 1.82) is 0 Å². The van der Waals surface area contributed by atoms with Crippen LogP contribution in [-0.4, -0.2) is 26.6 Å². The van der Waals surface area contributed by atoms with Gasteiger partial charge in [-0.25, -0.2) is 4.99 Å². The van der Waals surface area contributed by atoms with Gasteiger partial charge in [-0.15, -0.1) is 48.0 Å². The van der Waals surface area contributed by atoms with E-state index in [1.54, 1.807) is 6.21 Å². The maximum atomic E-state index is 14.7. The Labute approximate surface area is 336 Å². The molecule has 1 aliphatic heterocycles. The summed E-state index contributed by atoms with van der Waals surface area (Å²) < 4.78 is 32.2. The molecular formula is C45H35F2Ir2N4-. The molecule has 6 aromatic carbocycles. The number of halogens is 2. The molecule has 2 radical (unpaired) electrons. The molecule has 0 spiro atoms. The minimum absolute atomic E-state index is 0. The predicted octanol–water partition coefficient (Wildman–Crippen LogP) is 10.9. The molecule has 0 saturated carbocycles. The molecule has 2 heterocycles. The third-order valence-electron chi connectivity index (χ3n) is 8.79. The van der Waals surface area contributed by atoms with Crippen LogP contribution in [0.15, 0.2) is 145 Å². The zero-order valence-corrected chi connectivity index (χ0v) is 34.0. The molecule has 0 N–H and O–H groups in total. The van der Waals surface area contributed by atoms with E-state index in [0.29, 0.717) is 0 Å². The molecule has 7 aromatic rings. The van der Waals surface area contributed by atoms with Gasteiger partial charge in [0.1, 0.15) is 0 Å². The average Bonchev–Trinajstić information content (AvgIpc) is 3.83. The van der Waals surface area contributed by atoms with Crippen molar-refractivity contribution in [1.82, 2.24) is 9.55 Å². The van der Waals surface area contributed by atoms with Crippen LogP contribution in [-0.2, 0) is 40.2 Å². The minimum atomic E-state index is -0.673. The van der Waals surface area contributed by atoms with Crippen molar-refractivity contribution in [2.24, 2.45) is 4.99 Å². The van der Waals surface area contributed by atoms with E-state index in [9.17, 15) is 8.78 Å². The van der Waals surface area contributed by atoms with Crippen LogP contribution in [0.1, 0.15) is 28.4 Å². The first-order valence-electron chi connectivity index (χ1n) is 16.7. The number of aliphatic imine (C=N–C) groups is 1. The quantitative estimate of drug-likeness (QED) is 0.121. The van der Waals surface area contributed by atoms with Crippen LogP contribution in [0.3, 0.4) is 0 Å². The second-order valence-corrected chi connectivity index (χ2v) is 12.4. The first-order chi connectivity index (χ1) is 24.9. The van der Waals surface area contributed by atoms with Crippen molar-refractivity contribution in [3.05, 3.63) is 186 Å². The summed E-state index contributed by atoms with van der Waals surface area (Å²) in [6.07, 6.45) is 6.66. The van der Waals surface area contributed by atoms with Crippen LogP contribution in [0, 0.1) is 44.5 Å². The molecular weight excluding hydrogens is 1020 g/mol. The molecule has 1 aliphatic rings. The Balaban J connectivity index is 0.000000214. The van der Waals surface area contributed by atoms with E-state index in [4.69, 9.17) is 0 Å². The number of para-hydroxylation sites is 1. The zero-order valence-electron chi connectivity index (χ0n) is 29.2. The van der Waals surface area contributed by atoms with E-state index in [0.717, 1.165) is 51.5 Å². The monoisotopic (exact) mass is 1060 g/mol. The summed E-state index contributed by atoms with van der Waals surface area (Å²) in [5.74, 6) is -0.394. The van der Waals surface area contributed by atoms with Crippen molar-refractivity contribution < 1.29 is 53.6 Å². The van der Waals surface area contributed by atoms with Crippen molar-refractivity contribution in [3.63, 3.8) is 0 Å². The molecule has 53 heavy (non-hydrogen) atoms. The normalized spacial score (nSPS) is 12.9. The zero-order chi connectivity index (χ0) is 35.3. The third kappa shape index (κ3) is 8.48. The Bertz CT molecular complexity index is 2290.